The van der Waals surface area contributed by atoms with Gasteiger partial charge in [0.1, 0.15) is 0 Å². The maximum atomic E-state index is 3.70. The van der Waals surface area contributed by atoms with Crippen molar-refractivity contribution >= 4 is 38.0 Å². The van der Waals surface area contributed by atoms with Crippen LogP contribution in [0.5, 0.6) is 0 Å². The summed E-state index contributed by atoms with van der Waals surface area (Å²) in [7, 11) is 0. The lowest BCUT2D eigenvalue weighted by atomic mass is 9.95. The van der Waals surface area contributed by atoms with E-state index in [0.29, 0.717) is 0 Å². The van der Waals surface area contributed by atoms with Crippen LogP contribution in [0, 0.1) is 0 Å². The van der Waals surface area contributed by atoms with Crippen molar-refractivity contribution in [2.45, 2.75) is 19.4 Å². The fraction of sp³-hybridized carbons (Fsp3) is 0.222. The highest BCUT2D eigenvalue weighted by Crippen LogP contribution is 2.34. The number of benzene rings is 2. The molecule has 0 saturated carbocycles. The predicted octanol–water partition coefficient (Wildman–Crippen LogP) is 5.75. The molecule has 1 aromatic heterocycles. The summed E-state index contributed by atoms with van der Waals surface area (Å²) >= 11 is 5.43. The summed E-state index contributed by atoms with van der Waals surface area (Å²) in [5, 5.41) is 10.7. The van der Waals surface area contributed by atoms with Crippen molar-refractivity contribution < 1.29 is 0 Å². The van der Waals surface area contributed by atoms with Crippen LogP contribution in [0.3, 0.4) is 0 Å². The second-order valence-corrected chi connectivity index (χ2v) is 6.73. The molecular formula is C18H18BrNS. The van der Waals surface area contributed by atoms with Gasteiger partial charge in [-0.1, -0.05) is 49.4 Å². The molecule has 3 heteroatoms. The molecule has 1 atom stereocenters. The maximum absolute atomic E-state index is 3.70. The topological polar surface area (TPSA) is 12.0 Å². The first-order valence-electron chi connectivity index (χ1n) is 7.24. The smallest absolute Gasteiger partial charge is 0.0602 e. The molecule has 0 bridgehead atoms. The molecule has 3 rings (SSSR count). The molecule has 3 aromatic rings. The van der Waals surface area contributed by atoms with Gasteiger partial charge in [0.05, 0.1) is 6.04 Å². The van der Waals surface area contributed by atoms with E-state index in [4.69, 9.17) is 0 Å². The van der Waals surface area contributed by atoms with Gasteiger partial charge >= 0.3 is 0 Å². The molecule has 0 aliphatic rings. The van der Waals surface area contributed by atoms with Gasteiger partial charge < -0.3 is 5.32 Å². The Kier molecular flexibility index (Phi) is 4.73. The third-order valence-electron chi connectivity index (χ3n) is 3.69. The van der Waals surface area contributed by atoms with E-state index in [1.165, 1.54) is 26.4 Å². The lowest BCUT2D eigenvalue weighted by Gasteiger charge is -2.21. The minimum absolute atomic E-state index is 0.233. The van der Waals surface area contributed by atoms with Gasteiger partial charge in [0, 0.05) is 9.85 Å². The molecule has 0 saturated heterocycles. The lowest BCUT2D eigenvalue weighted by molar-refractivity contribution is 0.601. The van der Waals surface area contributed by atoms with E-state index in [1.807, 2.05) is 0 Å². The molecule has 108 valence electrons. The average Bonchev–Trinajstić information content (AvgIpc) is 2.94. The van der Waals surface area contributed by atoms with Gasteiger partial charge in [-0.25, -0.2) is 0 Å². The monoisotopic (exact) mass is 359 g/mol. The highest BCUT2D eigenvalue weighted by Gasteiger charge is 2.18. The third-order valence-corrected chi connectivity index (χ3v) is 5.44. The first-order valence-corrected chi connectivity index (χ1v) is 8.97. The predicted molar refractivity (Wildman–Crippen MR) is 96.1 cm³/mol. The number of nitrogens with one attached hydrogen (secondary N) is 1. The van der Waals surface area contributed by atoms with Gasteiger partial charge in [0.15, 0.2) is 0 Å². The van der Waals surface area contributed by atoms with E-state index in [2.05, 4.69) is 81.4 Å². The summed E-state index contributed by atoms with van der Waals surface area (Å²) in [4.78, 5) is 0. The second-order valence-electron chi connectivity index (χ2n) is 5.13. The summed E-state index contributed by atoms with van der Waals surface area (Å²) in [6, 6.07) is 15.4. The van der Waals surface area contributed by atoms with Gasteiger partial charge in [-0.15, -0.1) is 0 Å². The van der Waals surface area contributed by atoms with Crippen LogP contribution in [0.25, 0.3) is 10.8 Å². The molecule has 2 aromatic carbocycles. The number of halogens is 1. The normalized spacial score (nSPS) is 12.7. The molecule has 0 amide bonds. The van der Waals surface area contributed by atoms with Crippen molar-refractivity contribution in [2.24, 2.45) is 0 Å². The van der Waals surface area contributed by atoms with E-state index in [-0.39, 0.29) is 6.04 Å². The third kappa shape index (κ3) is 3.05. The van der Waals surface area contributed by atoms with E-state index in [0.717, 1.165) is 13.0 Å². The number of fused-ring (bicyclic) bond motifs is 1. The SMILES string of the molecule is CCCNC(c1cscc1Br)c1cccc2ccccc12. The largest absolute Gasteiger partial charge is 0.306 e. The second kappa shape index (κ2) is 6.73. The Morgan fingerprint density at radius 3 is 2.62 bits per heavy atom. The molecule has 1 unspecified atom stereocenters. The zero-order valence-electron chi connectivity index (χ0n) is 12.0. The van der Waals surface area contributed by atoms with E-state index in [9.17, 15) is 0 Å². The Hall–Kier alpha value is -1.16. The van der Waals surface area contributed by atoms with Gasteiger partial charge in [-0.2, -0.15) is 11.3 Å². The number of thiophene rings is 1. The van der Waals surface area contributed by atoms with Gasteiger partial charge in [0.2, 0.25) is 0 Å². The molecular weight excluding hydrogens is 342 g/mol. The Balaban J connectivity index is 2.12. The van der Waals surface area contributed by atoms with Gasteiger partial charge in [-0.3, -0.25) is 0 Å². The van der Waals surface area contributed by atoms with Crippen molar-refractivity contribution in [3.8, 4) is 0 Å². The van der Waals surface area contributed by atoms with Gasteiger partial charge in [-0.05, 0) is 56.2 Å². The van der Waals surface area contributed by atoms with Crippen molar-refractivity contribution in [1.29, 1.82) is 0 Å². The van der Waals surface area contributed by atoms with E-state index < -0.39 is 0 Å². The van der Waals surface area contributed by atoms with Crippen molar-refractivity contribution in [2.75, 3.05) is 6.54 Å². The van der Waals surface area contributed by atoms with E-state index in [1.54, 1.807) is 11.3 Å². The first kappa shape index (κ1) is 14.8. The number of rotatable bonds is 5. The van der Waals surface area contributed by atoms with Crippen LogP contribution in [0.15, 0.2) is 57.7 Å². The Labute approximate surface area is 138 Å². The first-order chi connectivity index (χ1) is 10.3. The van der Waals surface area contributed by atoms with Crippen LogP contribution < -0.4 is 5.32 Å². The minimum atomic E-state index is 0.233. The van der Waals surface area contributed by atoms with Crippen LogP contribution in [0.1, 0.15) is 30.5 Å². The Morgan fingerprint density at radius 2 is 1.86 bits per heavy atom. The highest BCUT2D eigenvalue weighted by atomic mass is 79.9. The van der Waals surface area contributed by atoms with Gasteiger partial charge in [0.25, 0.3) is 0 Å². The van der Waals surface area contributed by atoms with Crippen molar-refractivity contribution in [3.63, 3.8) is 0 Å². The molecule has 1 heterocycles. The summed E-state index contributed by atoms with van der Waals surface area (Å²) < 4.78 is 1.19. The summed E-state index contributed by atoms with van der Waals surface area (Å²) in [6.07, 6.45) is 1.13. The number of hydrogen-bond donors (Lipinski definition) is 1. The van der Waals surface area contributed by atoms with Crippen LogP contribution in [0.4, 0.5) is 0 Å². The average molecular weight is 360 g/mol. The Morgan fingerprint density at radius 1 is 1.05 bits per heavy atom. The molecule has 21 heavy (non-hydrogen) atoms. The molecule has 0 radical (unpaired) electrons. The van der Waals surface area contributed by atoms with Crippen molar-refractivity contribution in [1.82, 2.24) is 5.32 Å². The molecule has 0 aliphatic heterocycles. The highest BCUT2D eigenvalue weighted by molar-refractivity contribution is 9.10. The van der Waals surface area contributed by atoms with Crippen LogP contribution in [-0.4, -0.2) is 6.54 Å². The fourth-order valence-corrected chi connectivity index (χ4v) is 4.23. The Bertz CT molecular complexity index is 729. The molecule has 0 aliphatic carbocycles. The summed E-state index contributed by atoms with van der Waals surface area (Å²) in [6.45, 7) is 3.21. The summed E-state index contributed by atoms with van der Waals surface area (Å²) in [5.74, 6) is 0. The quantitative estimate of drug-likeness (QED) is 0.611. The molecule has 1 nitrogen and oxygen atoms in total. The molecule has 0 fully saturated rings. The zero-order valence-corrected chi connectivity index (χ0v) is 14.4. The van der Waals surface area contributed by atoms with E-state index >= 15 is 0 Å². The fourth-order valence-electron chi connectivity index (χ4n) is 2.68. The number of hydrogen-bond acceptors (Lipinski definition) is 2. The van der Waals surface area contributed by atoms with Crippen LogP contribution in [0.2, 0.25) is 0 Å². The standard InChI is InChI=1S/C18H18BrNS/c1-2-10-20-18(16-11-21-12-17(16)19)15-9-5-7-13-6-3-4-8-14(13)15/h3-9,11-12,18,20H,2,10H2,1H3. The minimum Gasteiger partial charge on any atom is -0.306 e. The summed E-state index contributed by atoms with van der Waals surface area (Å²) in [5.41, 5.74) is 2.67. The molecule has 0 spiro atoms. The van der Waals surface area contributed by atoms with Crippen molar-refractivity contribution in [3.05, 3.63) is 68.8 Å². The maximum Gasteiger partial charge on any atom is 0.0602 e. The van der Waals surface area contributed by atoms with Crippen LogP contribution in [-0.2, 0) is 0 Å². The van der Waals surface area contributed by atoms with Crippen LogP contribution >= 0.6 is 27.3 Å². The zero-order chi connectivity index (χ0) is 14.7. The molecule has 1 N–H and O–H groups in total. The lowest BCUT2D eigenvalue weighted by Crippen LogP contribution is -2.23.